The number of amides is 1. The molecule has 0 atom stereocenters. The van der Waals surface area contributed by atoms with Gasteiger partial charge in [-0.1, -0.05) is 6.07 Å². The monoisotopic (exact) mass is 660 g/mol. The van der Waals surface area contributed by atoms with Crippen LogP contribution in [0.1, 0.15) is 24.1 Å². The Morgan fingerprint density at radius 2 is 1.96 bits per heavy atom. The number of nitrogens with one attached hydrogen (secondary N) is 2. The molecular weight excluding hydrogens is 626 g/mol. The summed E-state index contributed by atoms with van der Waals surface area (Å²) >= 11 is 1.31. The molecule has 2 aromatic heterocycles. The number of likely N-dealkylation sites (tertiary alicyclic amines) is 1. The summed E-state index contributed by atoms with van der Waals surface area (Å²) in [7, 11) is -2.85. The van der Waals surface area contributed by atoms with Crippen LogP contribution in [0.3, 0.4) is 0 Å². The van der Waals surface area contributed by atoms with E-state index in [9.17, 15) is 13.8 Å². The van der Waals surface area contributed by atoms with Gasteiger partial charge in [0.05, 0.1) is 25.7 Å². The molecule has 4 N–H and O–H groups in total. The Hall–Kier alpha value is -3.72. The highest BCUT2D eigenvalue weighted by molar-refractivity contribution is 7.46. The van der Waals surface area contributed by atoms with Crippen molar-refractivity contribution < 1.29 is 37.5 Å². The summed E-state index contributed by atoms with van der Waals surface area (Å²) < 4.78 is 40.6. The van der Waals surface area contributed by atoms with Gasteiger partial charge >= 0.3 is 7.82 Å². The topological polar surface area (TPSA) is 168 Å². The summed E-state index contributed by atoms with van der Waals surface area (Å²) in [5.41, 5.74) is 1.03. The van der Waals surface area contributed by atoms with Crippen molar-refractivity contribution in [2.75, 3.05) is 50.6 Å². The van der Waals surface area contributed by atoms with Gasteiger partial charge < -0.3 is 29.9 Å². The van der Waals surface area contributed by atoms with E-state index in [1.807, 2.05) is 0 Å². The number of aromatic nitrogens is 3. The zero-order chi connectivity index (χ0) is 31.8. The van der Waals surface area contributed by atoms with E-state index in [0.717, 1.165) is 37.4 Å². The number of thiazole rings is 1. The van der Waals surface area contributed by atoms with E-state index in [0.29, 0.717) is 58.0 Å². The van der Waals surface area contributed by atoms with E-state index in [1.165, 1.54) is 35.9 Å². The quantitative estimate of drug-likeness (QED) is 0.137. The van der Waals surface area contributed by atoms with Crippen molar-refractivity contribution >= 4 is 52.6 Å². The molecule has 3 heterocycles. The van der Waals surface area contributed by atoms with Crippen LogP contribution >= 0.6 is 19.2 Å². The molecule has 2 aromatic carbocycles. The molecule has 0 saturated carbocycles. The smallest absolute Gasteiger partial charge is 0.469 e. The molecule has 240 valence electrons. The van der Waals surface area contributed by atoms with Crippen molar-refractivity contribution in [3.63, 3.8) is 0 Å². The number of carbonyl (C=O) groups is 1. The molecule has 45 heavy (non-hydrogen) atoms. The maximum absolute atomic E-state index is 13.4. The van der Waals surface area contributed by atoms with Crippen molar-refractivity contribution in [1.82, 2.24) is 19.9 Å². The van der Waals surface area contributed by atoms with E-state index < -0.39 is 13.6 Å². The van der Waals surface area contributed by atoms with Crippen LogP contribution in [-0.4, -0.2) is 75.5 Å². The first kappa shape index (κ1) is 32.7. The van der Waals surface area contributed by atoms with Gasteiger partial charge in [0.2, 0.25) is 5.91 Å². The number of halogens is 1. The Bertz CT molecular complexity index is 1660. The number of anilines is 3. The average Bonchev–Trinajstić information content (AvgIpc) is 3.43. The van der Waals surface area contributed by atoms with Crippen molar-refractivity contribution in [2.45, 2.75) is 25.7 Å². The van der Waals surface area contributed by atoms with Crippen molar-refractivity contribution in [1.29, 1.82) is 0 Å². The normalized spacial score (nSPS) is 14.4. The fourth-order valence-corrected chi connectivity index (χ4v) is 6.19. The molecule has 1 aliphatic heterocycles. The van der Waals surface area contributed by atoms with Gasteiger partial charge in [-0.05, 0) is 62.5 Å². The maximum Gasteiger partial charge on any atom is 0.469 e. The second kappa shape index (κ2) is 15.0. The number of methoxy groups -OCH3 is 1. The first-order valence-electron chi connectivity index (χ1n) is 14.3. The SMILES string of the molecule is COc1cc2c(Nc3ncc(CC(=O)Nc4cccc(F)c4)s3)ncnc2cc1OCCN1CCC(CCOP(=O)(O)O)CC1. The van der Waals surface area contributed by atoms with E-state index >= 15 is 0 Å². The van der Waals surface area contributed by atoms with Crippen LogP contribution in [0.5, 0.6) is 11.5 Å². The molecule has 4 aromatic rings. The van der Waals surface area contributed by atoms with E-state index in [2.05, 4.69) is 35.0 Å². The maximum atomic E-state index is 13.4. The van der Waals surface area contributed by atoms with Crippen molar-refractivity contribution in [3.8, 4) is 11.5 Å². The molecule has 0 unspecified atom stereocenters. The standard InChI is InChI=1S/C29H34FN6O7PS/c1-41-25-15-23-24(16-26(25)42-12-10-36-8-5-19(6-9-36)7-11-43-44(38,39)40)32-18-33-28(23)35-29-31-17-22(45-29)14-27(37)34-21-4-2-3-20(30)13-21/h2-4,13,15-19H,5-12,14H2,1H3,(H,34,37)(H2,38,39,40)(H,31,32,33,35). The molecule has 0 bridgehead atoms. The third-order valence-electron chi connectivity index (χ3n) is 7.30. The second-order valence-electron chi connectivity index (χ2n) is 10.5. The number of benzene rings is 2. The van der Waals surface area contributed by atoms with Gasteiger partial charge in [0.15, 0.2) is 16.6 Å². The van der Waals surface area contributed by atoms with Crippen LogP contribution in [0, 0.1) is 11.7 Å². The summed E-state index contributed by atoms with van der Waals surface area (Å²) in [6.45, 7) is 2.97. The second-order valence-corrected chi connectivity index (χ2v) is 12.8. The van der Waals surface area contributed by atoms with Crippen LogP contribution in [0.15, 0.2) is 48.9 Å². The number of ether oxygens (including phenoxy) is 2. The molecule has 0 radical (unpaired) electrons. The summed E-state index contributed by atoms with van der Waals surface area (Å²) in [6.07, 6.45) is 5.62. The highest BCUT2D eigenvalue weighted by atomic mass is 32.1. The third-order valence-corrected chi connectivity index (χ3v) is 8.73. The van der Waals surface area contributed by atoms with Gasteiger partial charge in [0.25, 0.3) is 0 Å². The zero-order valence-electron chi connectivity index (χ0n) is 24.5. The fraction of sp³-hybridized carbons (Fsp3) is 0.379. The minimum Gasteiger partial charge on any atom is -0.493 e. The van der Waals surface area contributed by atoms with E-state index in [1.54, 1.807) is 31.5 Å². The molecule has 0 aliphatic carbocycles. The molecule has 5 rings (SSSR count). The van der Waals surface area contributed by atoms with Crippen molar-refractivity contribution in [2.24, 2.45) is 5.92 Å². The minimum atomic E-state index is -4.42. The summed E-state index contributed by atoms with van der Waals surface area (Å²) in [5, 5.41) is 7.13. The van der Waals surface area contributed by atoms with Gasteiger partial charge in [0.1, 0.15) is 24.6 Å². The molecule has 1 fully saturated rings. The first-order chi connectivity index (χ1) is 21.6. The van der Waals surface area contributed by atoms with E-state index in [4.69, 9.17) is 19.3 Å². The summed E-state index contributed by atoms with van der Waals surface area (Å²) in [5.74, 6) is 1.27. The lowest BCUT2D eigenvalue weighted by molar-refractivity contribution is -0.115. The lowest BCUT2D eigenvalue weighted by atomic mass is 9.94. The lowest BCUT2D eigenvalue weighted by Crippen LogP contribution is -2.36. The van der Waals surface area contributed by atoms with E-state index in [-0.39, 0.29) is 18.9 Å². The largest absolute Gasteiger partial charge is 0.493 e. The molecule has 0 spiro atoms. The molecule has 13 nitrogen and oxygen atoms in total. The summed E-state index contributed by atoms with van der Waals surface area (Å²) in [4.78, 5) is 46.3. The number of carbonyl (C=O) groups excluding carboxylic acids is 1. The number of piperidine rings is 1. The number of hydrogen-bond donors (Lipinski definition) is 4. The lowest BCUT2D eigenvalue weighted by Gasteiger charge is -2.31. The van der Waals surface area contributed by atoms with Crippen LogP contribution < -0.4 is 20.1 Å². The Morgan fingerprint density at radius 1 is 1.13 bits per heavy atom. The number of hydrogen-bond acceptors (Lipinski definition) is 11. The molecule has 1 aliphatic rings. The highest BCUT2D eigenvalue weighted by Crippen LogP contribution is 2.37. The van der Waals surface area contributed by atoms with Gasteiger partial charge in [-0.25, -0.2) is 23.9 Å². The predicted molar refractivity (Wildman–Crippen MR) is 167 cm³/mol. The minimum absolute atomic E-state index is 0.0590. The van der Waals surface area contributed by atoms with Crippen LogP contribution in [0.4, 0.5) is 21.0 Å². The van der Waals surface area contributed by atoms with Gasteiger partial charge in [-0.15, -0.1) is 11.3 Å². The van der Waals surface area contributed by atoms with Gasteiger partial charge in [-0.3, -0.25) is 14.2 Å². The van der Waals surface area contributed by atoms with Crippen LogP contribution in [0.25, 0.3) is 10.9 Å². The molecule has 16 heteroatoms. The number of phosphoric ester groups is 1. The zero-order valence-corrected chi connectivity index (χ0v) is 26.2. The Balaban J connectivity index is 1.14. The average molecular weight is 661 g/mol. The molecule has 1 saturated heterocycles. The number of phosphoric acid groups is 1. The van der Waals surface area contributed by atoms with Crippen LogP contribution in [0.2, 0.25) is 0 Å². The number of nitrogens with zero attached hydrogens (tertiary/aromatic N) is 4. The Labute approximate surface area is 263 Å². The van der Waals surface area contributed by atoms with Crippen molar-refractivity contribution in [3.05, 3.63) is 59.6 Å². The summed E-state index contributed by atoms with van der Waals surface area (Å²) in [6, 6.07) is 9.33. The Kier molecular flexibility index (Phi) is 10.9. The molecule has 1 amide bonds. The highest BCUT2D eigenvalue weighted by Gasteiger charge is 2.21. The predicted octanol–water partition coefficient (Wildman–Crippen LogP) is 4.75. The van der Waals surface area contributed by atoms with Gasteiger partial charge in [0, 0.05) is 34.8 Å². The van der Waals surface area contributed by atoms with Crippen LogP contribution in [-0.2, 0) is 20.3 Å². The molecular formula is C29H34FN6O7PS. The third kappa shape index (κ3) is 9.63. The Morgan fingerprint density at radius 3 is 2.71 bits per heavy atom. The first-order valence-corrected chi connectivity index (χ1v) is 16.6. The number of rotatable bonds is 14. The van der Waals surface area contributed by atoms with Gasteiger partial charge in [-0.2, -0.15) is 0 Å². The number of fused-ring (bicyclic) bond motifs is 1. The fourth-order valence-electron chi connectivity index (χ4n) is 5.04.